The number of methoxy groups -OCH3 is 1. The first-order valence-corrected chi connectivity index (χ1v) is 12.8. The minimum absolute atomic E-state index is 0.0395. The number of sulfonamides is 1. The van der Waals surface area contributed by atoms with Gasteiger partial charge in [0.05, 0.1) is 12.0 Å². The van der Waals surface area contributed by atoms with Crippen LogP contribution in [0.25, 0.3) is 0 Å². The van der Waals surface area contributed by atoms with Gasteiger partial charge in [-0.3, -0.25) is 9.59 Å². The fourth-order valence-electron chi connectivity index (χ4n) is 4.09. The van der Waals surface area contributed by atoms with Crippen LogP contribution in [-0.4, -0.2) is 67.7 Å². The van der Waals surface area contributed by atoms with E-state index in [4.69, 9.17) is 0 Å². The zero-order valence-corrected chi connectivity index (χ0v) is 20.3. The number of aromatic nitrogens is 1. The maximum atomic E-state index is 13.6. The number of likely N-dealkylation sites (tertiary alicyclic amines) is 1. The highest BCUT2D eigenvalue weighted by Gasteiger charge is 2.42. The van der Waals surface area contributed by atoms with Crippen molar-refractivity contribution >= 4 is 45.3 Å². The molecule has 2 aliphatic heterocycles. The SMILES string of the molecule is COC(=O)C(=O)N1C[C@H]2CSc3c(cn(C)c3C(=O)Nc3ccc(F)c(C)c3)S(=O)(=O)N[C@H]2C1. The second kappa shape index (κ2) is 9.04. The maximum Gasteiger partial charge on any atom is 0.396 e. The number of rotatable bonds is 2. The molecule has 1 saturated heterocycles. The third-order valence-electron chi connectivity index (χ3n) is 5.86. The van der Waals surface area contributed by atoms with Crippen LogP contribution in [0.2, 0.25) is 0 Å². The number of nitrogens with zero attached hydrogens (tertiary/aromatic N) is 2. The summed E-state index contributed by atoms with van der Waals surface area (Å²) < 4.78 is 48.5. The van der Waals surface area contributed by atoms with E-state index >= 15 is 0 Å². The van der Waals surface area contributed by atoms with Crippen molar-refractivity contribution in [3.63, 3.8) is 0 Å². The first kappa shape index (κ1) is 24.2. The molecule has 0 aliphatic carbocycles. The highest BCUT2D eigenvalue weighted by atomic mass is 32.2. The molecule has 3 heterocycles. The lowest BCUT2D eigenvalue weighted by atomic mass is 10.1. The number of benzene rings is 1. The fourth-order valence-corrected chi connectivity index (χ4v) is 7.31. The Hall–Kier alpha value is -2.90. The van der Waals surface area contributed by atoms with Gasteiger partial charge in [-0.2, -0.15) is 0 Å². The fraction of sp³-hybridized carbons (Fsp3) is 0.381. The molecule has 1 fully saturated rings. The Morgan fingerprint density at radius 2 is 2.00 bits per heavy atom. The van der Waals surface area contributed by atoms with Crippen LogP contribution in [0.1, 0.15) is 16.1 Å². The largest absolute Gasteiger partial charge is 0.462 e. The molecule has 0 unspecified atom stereocenters. The van der Waals surface area contributed by atoms with Crippen molar-refractivity contribution in [1.29, 1.82) is 0 Å². The zero-order valence-electron chi connectivity index (χ0n) is 18.6. The van der Waals surface area contributed by atoms with E-state index in [0.717, 1.165) is 7.11 Å². The molecule has 0 spiro atoms. The topological polar surface area (TPSA) is 127 Å². The van der Waals surface area contributed by atoms with Crippen LogP contribution >= 0.6 is 11.8 Å². The molecular weight excluding hydrogens is 487 g/mol. The molecular formula is C21H23FN4O6S2. The Morgan fingerprint density at radius 3 is 2.68 bits per heavy atom. The summed E-state index contributed by atoms with van der Waals surface area (Å²) in [5.74, 6) is -2.65. The Bertz CT molecular complexity index is 1290. The molecule has 2 atom stereocenters. The van der Waals surface area contributed by atoms with E-state index in [9.17, 15) is 27.2 Å². The normalized spacial score (nSPS) is 21.1. The Labute approximate surface area is 199 Å². The van der Waals surface area contributed by atoms with Gasteiger partial charge >= 0.3 is 11.9 Å². The first-order chi connectivity index (χ1) is 16.0. The molecule has 34 heavy (non-hydrogen) atoms. The molecule has 4 rings (SSSR count). The Balaban J connectivity index is 1.62. The number of carbonyl (C=O) groups excluding carboxylic acids is 3. The molecule has 182 valence electrons. The minimum atomic E-state index is -4.03. The average molecular weight is 511 g/mol. The lowest BCUT2D eigenvalue weighted by molar-refractivity contribution is -0.157. The van der Waals surface area contributed by atoms with Crippen LogP contribution < -0.4 is 10.0 Å². The maximum absolute atomic E-state index is 13.6. The third-order valence-corrected chi connectivity index (χ3v) is 8.79. The van der Waals surface area contributed by atoms with E-state index in [-0.39, 0.29) is 34.5 Å². The summed E-state index contributed by atoms with van der Waals surface area (Å²) in [6.07, 6.45) is 1.36. The van der Waals surface area contributed by atoms with Gasteiger partial charge in [0.15, 0.2) is 0 Å². The molecule has 13 heteroatoms. The van der Waals surface area contributed by atoms with E-state index in [0.29, 0.717) is 17.0 Å². The van der Waals surface area contributed by atoms with Gasteiger partial charge in [0.2, 0.25) is 10.0 Å². The number of fused-ring (bicyclic) bond motifs is 2. The molecule has 10 nitrogen and oxygen atoms in total. The number of amides is 2. The first-order valence-electron chi connectivity index (χ1n) is 10.3. The molecule has 1 aromatic carbocycles. The van der Waals surface area contributed by atoms with Crippen LogP contribution in [0.3, 0.4) is 0 Å². The van der Waals surface area contributed by atoms with E-state index in [1.807, 2.05) is 0 Å². The van der Waals surface area contributed by atoms with Crippen molar-refractivity contribution in [1.82, 2.24) is 14.2 Å². The van der Waals surface area contributed by atoms with Gasteiger partial charge in [0.1, 0.15) is 16.4 Å². The van der Waals surface area contributed by atoms with Crippen molar-refractivity contribution in [2.45, 2.75) is 22.8 Å². The highest BCUT2D eigenvalue weighted by Crippen LogP contribution is 2.38. The summed E-state index contributed by atoms with van der Waals surface area (Å²) in [5, 5.41) is 2.69. The van der Waals surface area contributed by atoms with Crippen molar-refractivity contribution in [2.75, 3.05) is 31.3 Å². The van der Waals surface area contributed by atoms with E-state index in [1.54, 1.807) is 14.0 Å². The van der Waals surface area contributed by atoms with Gasteiger partial charge in [-0.05, 0) is 30.7 Å². The monoisotopic (exact) mass is 510 g/mol. The van der Waals surface area contributed by atoms with Crippen molar-refractivity contribution < 1.29 is 31.9 Å². The number of nitrogens with one attached hydrogen (secondary N) is 2. The number of thioether (sulfide) groups is 1. The van der Waals surface area contributed by atoms with Crippen molar-refractivity contribution in [3.8, 4) is 0 Å². The summed E-state index contributed by atoms with van der Waals surface area (Å²) in [6, 6.07) is 3.57. The van der Waals surface area contributed by atoms with Gasteiger partial charge in [-0.25, -0.2) is 22.3 Å². The van der Waals surface area contributed by atoms with Gasteiger partial charge in [-0.1, -0.05) is 0 Å². The lowest BCUT2D eigenvalue weighted by Crippen LogP contribution is -2.43. The van der Waals surface area contributed by atoms with Crippen molar-refractivity contribution in [2.24, 2.45) is 13.0 Å². The van der Waals surface area contributed by atoms with Crippen LogP contribution in [0, 0.1) is 18.7 Å². The standard InChI is InChI=1S/C21H23FN4O6S2/c1-11-6-13(4-5-14(11)22)23-19(27)17-18-16(9-25(17)2)34(30,31)24-15-8-26(7-12(15)10-33-18)20(28)21(29)32-3/h4-6,9,12,15,24H,7-8,10H2,1-3H3,(H,23,27)/t12-,15-/m0/s1. The number of hydrogen-bond donors (Lipinski definition) is 2. The zero-order chi connectivity index (χ0) is 24.8. The van der Waals surface area contributed by atoms with Gasteiger partial charge < -0.3 is 19.5 Å². The van der Waals surface area contributed by atoms with E-state index in [2.05, 4.69) is 14.8 Å². The minimum Gasteiger partial charge on any atom is -0.462 e. The smallest absolute Gasteiger partial charge is 0.396 e. The lowest BCUT2D eigenvalue weighted by Gasteiger charge is -2.22. The second-order valence-corrected chi connectivity index (χ2v) is 10.9. The van der Waals surface area contributed by atoms with Crippen LogP contribution in [0.15, 0.2) is 34.2 Å². The average Bonchev–Trinajstić information content (AvgIpc) is 3.33. The number of halogens is 1. The predicted octanol–water partition coefficient (Wildman–Crippen LogP) is 1.11. The Kier molecular flexibility index (Phi) is 6.44. The number of carbonyl (C=O) groups is 3. The van der Waals surface area contributed by atoms with Gasteiger partial charge in [0.25, 0.3) is 5.91 Å². The number of hydrogen-bond acceptors (Lipinski definition) is 7. The summed E-state index contributed by atoms with van der Waals surface area (Å²) in [5.41, 5.74) is 0.884. The molecule has 2 aliphatic rings. The summed E-state index contributed by atoms with van der Waals surface area (Å²) >= 11 is 1.21. The summed E-state index contributed by atoms with van der Waals surface area (Å²) in [7, 11) is -1.35. The highest BCUT2D eigenvalue weighted by molar-refractivity contribution is 8.00. The molecule has 0 saturated carbocycles. The summed E-state index contributed by atoms with van der Waals surface area (Å²) in [4.78, 5) is 38.4. The Morgan fingerprint density at radius 1 is 1.26 bits per heavy atom. The molecule has 1 aromatic heterocycles. The van der Waals surface area contributed by atoms with Gasteiger partial charge in [0, 0.05) is 49.7 Å². The third kappa shape index (κ3) is 4.42. The van der Waals surface area contributed by atoms with Crippen molar-refractivity contribution in [3.05, 3.63) is 41.5 Å². The number of anilines is 1. The number of ether oxygens (including phenoxy) is 1. The summed E-state index contributed by atoms with van der Waals surface area (Å²) in [6.45, 7) is 1.79. The number of esters is 1. The second-order valence-electron chi connectivity index (χ2n) is 8.20. The van der Waals surface area contributed by atoms with Gasteiger partial charge in [-0.15, -0.1) is 11.8 Å². The number of aryl methyl sites for hydroxylation is 2. The molecule has 2 amide bonds. The van der Waals surface area contributed by atoms with Crippen LogP contribution in [-0.2, 0) is 31.4 Å². The molecule has 2 aromatic rings. The predicted molar refractivity (Wildman–Crippen MR) is 121 cm³/mol. The van der Waals surface area contributed by atoms with E-state index < -0.39 is 39.7 Å². The van der Waals surface area contributed by atoms with Crippen LogP contribution in [0.4, 0.5) is 10.1 Å². The van der Waals surface area contributed by atoms with Crippen LogP contribution in [0.5, 0.6) is 0 Å². The molecule has 2 N–H and O–H groups in total. The van der Waals surface area contributed by atoms with E-state index in [1.165, 1.54) is 45.6 Å². The molecule has 0 radical (unpaired) electrons. The quantitative estimate of drug-likeness (QED) is 0.458. The molecule has 0 bridgehead atoms.